The maximum atomic E-state index is 9.57. The molecule has 0 aromatic carbocycles. The average molecular weight is 405 g/mol. The van der Waals surface area contributed by atoms with Gasteiger partial charge >= 0.3 is 0 Å². The molecule has 0 unspecified atom stereocenters. The second kappa shape index (κ2) is 8.03. The zero-order valence-corrected chi connectivity index (χ0v) is 19.0. The molecule has 0 saturated heterocycles. The van der Waals surface area contributed by atoms with Crippen LogP contribution in [0.4, 0.5) is 15.1 Å². The first-order chi connectivity index (χ1) is 12.5. The first-order valence-electron chi connectivity index (χ1n) is 9.11. The van der Waals surface area contributed by atoms with Crippen LogP contribution in [-0.4, -0.2) is 22.4 Å². The SMILES string of the molecule is CCN(CC)c1nc(C(C)(C)C)c(N=Nc2snc(C(C)(C)C)c2C#N)s1. The Hall–Kier alpha value is -1.85. The van der Waals surface area contributed by atoms with Crippen LogP contribution < -0.4 is 4.90 Å². The molecule has 8 heteroatoms. The second-order valence-electron chi connectivity index (χ2n) is 8.35. The fraction of sp³-hybridized carbons (Fsp3) is 0.632. The van der Waals surface area contributed by atoms with Crippen LogP contribution in [-0.2, 0) is 10.8 Å². The molecule has 0 amide bonds. The Bertz CT molecular complexity index is 854. The number of aromatic nitrogens is 2. The molecule has 2 heterocycles. The standard InChI is InChI=1S/C19H28N6S2/c1-9-25(10-2)17-21-14(19(6,7)8)16(26-17)23-22-15-12(11-20)13(24-27-15)18(3,4)5/h9-10H2,1-8H3. The first kappa shape index (κ1) is 21.5. The largest absolute Gasteiger partial charge is 0.349 e. The Labute approximate surface area is 170 Å². The molecule has 27 heavy (non-hydrogen) atoms. The Morgan fingerprint density at radius 3 is 2.00 bits per heavy atom. The van der Waals surface area contributed by atoms with Gasteiger partial charge in [-0.2, -0.15) is 9.64 Å². The quantitative estimate of drug-likeness (QED) is 0.546. The molecule has 0 spiro atoms. The lowest BCUT2D eigenvalue weighted by Crippen LogP contribution is -2.22. The lowest BCUT2D eigenvalue weighted by Gasteiger charge is -2.18. The number of hydrogen-bond donors (Lipinski definition) is 0. The van der Waals surface area contributed by atoms with Crippen LogP contribution >= 0.6 is 22.9 Å². The van der Waals surface area contributed by atoms with Crippen molar-refractivity contribution in [1.82, 2.24) is 9.36 Å². The minimum Gasteiger partial charge on any atom is -0.349 e. The summed E-state index contributed by atoms with van der Waals surface area (Å²) in [6.45, 7) is 18.5. The van der Waals surface area contributed by atoms with Gasteiger partial charge in [0.2, 0.25) is 0 Å². The van der Waals surface area contributed by atoms with Crippen LogP contribution in [0.1, 0.15) is 72.3 Å². The van der Waals surface area contributed by atoms with Crippen LogP contribution in [0.3, 0.4) is 0 Å². The minimum atomic E-state index is -0.202. The van der Waals surface area contributed by atoms with E-state index in [1.54, 1.807) is 11.3 Å². The summed E-state index contributed by atoms with van der Waals surface area (Å²) in [4.78, 5) is 7.05. The summed E-state index contributed by atoms with van der Waals surface area (Å²) < 4.78 is 4.45. The van der Waals surface area contributed by atoms with Crippen LogP contribution in [0.2, 0.25) is 0 Å². The van der Waals surface area contributed by atoms with Gasteiger partial charge in [-0.25, -0.2) is 4.98 Å². The molecule has 2 aromatic heterocycles. The van der Waals surface area contributed by atoms with Gasteiger partial charge in [-0.1, -0.05) is 52.9 Å². The molecule has 0 aliphatic heterocycles. The Balaban J connectivity index is 2.48. The molecule has 0 aliphatic rings. The van der Waals surface area contributed by atoms with E-state index in [2.05, 4.69) is 60.2 Å². The fourth-order valence-electron chi connectivity index (χ4n) is 2.54. The summed E-state index contributed by atoms with van der Waals surface area (Å²) in [5.41, 5.74) is 1.87. The molecule has 6 nitrogen and oxygen atoms in total. The monoisotopic (exact) mass is 404 g/mol. The highest BCUT2D eigenvalue weighted by Crippen LogP contribution is 2.42. The topological polar surface area (TPSA) is 77.5 Å². The number of rotatable bonds is 5. The van der Waals surface area contributed by atoms with E-state index < -0.39 is 0 Å². The molecule has 0 saturated carbocycles. The molecule has 0 N–H and O–H groups in total. The molecule has 0 bridgehead atoms. The van der Waals surface area contributed by atoms with Crippen molar-refractivity contribution in [3.63, 3.8) is 0 Å². The van der Waals surface area contributed by atoms with Crippen LogP contribution in [0, 0.1) is 11.3 Å². The van der Waals surface area contributed by atoms with E-state index in [4.69, 9.17) is 4.98 Å². The van der Waals surface area contributed by atoms with E-state index >= 15 is 0 Å². The molecule has 0 aliphatic carbocycles. The van der Waals surface area contributed by atoms with Crippen LogP contribution in [0.15, 0.2) is 10.2 Å². The Morgan fingerprint density at radius 2 is 1.52 bits per heavy atom. The molecule has 0 fully saturated rings. The maximum Gasteiger partial charge on any atom is 0.187 e. The van der Waals surface area contributed by atoms with Gasteiger partial charge in [-0.15, -0.1) is 10.2 Å². The van der Waals surface area contributed by atoms with Gasteiger partial charge in [0.1, 0.15) is 11.6 Å². The van der Waals surface area contributed by atoms with Crippen molar-refractivity contribution >= 4 is 38.0 Å². The molecular weight excluding hydrogens is 376 g/mol. The maximum absolute atomic E-state index is 9.57. The molecule has 146 valence electrons. The fourth-order valence-corrected chi connectivity index (χ4v) is 4.62. The van der Waals surface area contributed by atoms with Gasteiger partial charge in [0.05, 0.1) is 11.4 Å². The van der Waals surface area contributed by atoms with Crippen molar-refractivity contribution in [2.24, 2.45) is 10.2 Å². The third-order valence-electron chi connectivity index (χ3n) is 4.07. The molecular formula is C19H28N6S2. The molecule has 2 aromatic rings. The Kier molecular flexibility index (Phi) is 6.38. The van der Waals surface area contributed by atoms with Gasteiger partial charge in [-0.3, -0.25) is 0 Å². The van der Waals surface area contributed by atoms with Crippen molar-refractivity contribution in [2.45, 2.75) is 66.2 Å². The lowest BCUT2D eigenvalue weighted by atomic mass is 9.90. The smallest absolute Gasteiger partial charge is 0.187 e. The van der Waals surface area contributed by atoms with Gasteiger partial charge in [-0.05, 0) is 25.4 Å². The minimum absolute atomic E-state index is 0.140. The lowest BCUT2D eigenvalue weighted by molar-refractivity contribution is 0.573. The summed E-state index contributed by atoms with van der Waals surface area (Å²) >= 11 is 2.77. The normalized spacial score (nSPS) is 12.6. The number of azo groups is 1. The highest BCUT2D eigenvalue weighted by molar-refractivity contribution is 7.19. The van der Waals surface area contributed by atoms with Gasteiger partial charge < -0.3 is 4.90 Å². The van der Waals surface area contributed by atoms with Crippen molar-refractivity contribution in [3.05, 3.63) is 17.0 Å². The van der Waals surface area contributed by atoms with Crippen molar-refractivity contribution in [3.8, 4) is 6.07 Å². The summed E-state index contributed by atoms with van der Waals surface area (Å²) in [6, 6.07) is 2.25. The molecule has 0 atom stereocenters. The van der Waals surface area contributed by atoms with E-state index in [1.807, 2.05) is 20.8 Å². The van der Waals surface area contributed by atoms with Crippen molar-refractivity contribution in [1.29, 1.82) is 5.26 Å². The van der Waals surface area contributed by atoms with E-state index in [1.165, 1.54) is 11.5 Å². The van der Waals surface area contributed by atoms with Gasteiger partial charge in [0.15, 0.2) is 15.1 Å². The van der Waals surface area contributed by atoms with E-state index in [9.17, 15) is 5.26 Å². The van der Waals surface area contributed by atoms with Crippen LogP contribution in [0.25, 0.3) is 0 Å². The number of nitriles is 1. The van der Waals surface area contributed by atoms with E-state index in [-0.39, 0.29) is 10.8 Å². The third-order valence-corrected chi connectivity index (χ3v) is 5.80. The second-order valence-corrected chi connectivity index (χ2v) is 10.1. The van der Waals surface area contributed by atoms with E-state index in [0.717, 1.165) is 34.6 Å². The predicted octanol–water partition coefficient (Wildman–Crippen LogP) is 6.33. The Morgan fingerprint density at radius 1 is 0.963 bits per heavy atom. The molecule has 0 radical (unpaired) electrons. The highest BCUT2D eigenvalue weighted by Gasteiger charge is 2.27. The van der Waals surface area contributed by atoms with Crippen molar-refractivity contribution < 1.29 is 0 Å². The summed E-state index contributed by atoms with van der Waals surface area (Å²) in [5, 5.41) is 20.8. The summed E-state index contributed by atoms with van der Waals surface area (Å²) in [5.74, 6) is 0. The summed E-state index contributed by atoms with van der Waals surface area (Å²) in [7, 11) is 0. The number of anilines is 1. The number of nitrogens with zero attached hydrogens (tertiary/aromatic N) is 6. The zero-order chi connectivity index (χ0) is 20.4. The summed E-state index contributed by atoms with van der Waals surface area (Å²) in [6.07, 6.45) is 0. The van der Waals surface area contributed by atoms with Crippen molar-refractivity contribution in [2.75, 3.05) is 18.0 Å². The first-order valence-corrected chi connectivity index (χ1v) is 10.7. The van der Waals surface area contributed by atoms with Gasteiger partial charge in [0.25, 0.3) is 0 Å². The molecule has 2 rings (SSSR count). The van der Waals surface area contributed by atoms with Gasteiger partial charge in [0, 0.05) is 23.9 Å². The zero-order valence-electron chi connectivity index (χ0n) is 17.4. The van der Waals surface area contributed by atoms with E-state index in [0.29, 0.717) is 10.6 Å². The highest BCUT2D eigenvalue weighted by atomic mass is 32.1. The van der Waals surface area contributed by atoms with Crippen LogP contribution in [0.5, 0.6) is 0 Å². The third kappa shape index (κ3) is 4.71. The average Bonchev–Trinajstić information content (AvgIpc) is 3.17. The number of hydrogen-bond acceptors (Lipinski definition) is 8. The number of thiazole rings is 1. The predicted molar refractivity (Wildman–Crippen MR) is 114 cm³/mol.